The van der Waals surface area contributed by atoms with Gasteiger partial charge in [-0.05, 0) is 37.6 Å². The van der Waals surface area contributed by atoms with Crippen LogP contribution in [0.15, 0.2) is 54.2 Å². The topological polar surface area (TPSA) is 105 Å². The highest BCUT2D eigenvalue weighted by Gasteiger charge is 2.47. The van der Waals surface area contributed by atoms with Gasteiger partial charge < -0.3 is 19.9 Å². The van der Waals surface area contributed by atoms with Crippen LogP contribution >= 0.6 is 0 Å². The highest BCUT2D eigenvalue weighted by atomic mass is 16.5. The summed E-state index contributed by atoms with van der Waals surface area (Å²) < 4.78 is 17.2. The predicted molar refractivity (Wildman–Crippen MR) is 118 cm³/mol. The first-order chi connectivity index (χ1) is 15.4. The molecule has 1 aromatic carbocycles. The Kier molecular flexibility index (Phi) is 4.57. The first kappa shape index (κ1) is 20.0. The van der Waals surface area contributed by atoms with E-state index in [0.29, 0.717) is 17.2 Å². The number of hydrogen-bond donors (Lipinski definition) is 1. The fraction of sp³-hybridized carbons (Fsp3) is 0.250. The molecule has 2 aromatic heterocycles. The van der Waals surface area contributed by atoms with E-state index in [4.69, 9.17) is 24.9 Å². The van der Waals surface area contributed by atoms with Crippen molar-refractivity contribution < 1.29 is 14.2 Å². The molecule has 4 heterocycles. The van der Waals surface area contributed by atoms with Crippen molar-refractivity contribution in [3.05, 3.63) is 65.9 Å². The van der Waals surface area contributed by atoms with Crippen molar-refractivity contribution in [2.45, 2.75) is 25.0 Å². The zero-order valence-electron chi connectivity index (χ0n) is 17.9. The third-order valence-electron chi connectivity index (χ3n) is 5.57. The van der Waals surface area contributed by atoms with E-state index < -0.39 is 11.1 Å². The summed E-state index contributed by atoms with van der Waals surface area (Å²) >= 11 is 0. The van der Waals surface area contributed by atoms with Crippen LogP contribution in [0, 0.1) is 11.8 Å². The van der Waals surface area contributed by atoms with Crippen molar-refractivity contribution >= 4 is 6.02 Å². The summed E-state index contributed by atoms with van der Waals surface area (Å²) in [4.78, 5) is 17.5. The number of aliphatic imine (C=N–C) groups is 1. The smallest absolute Gasteiger partial charge is 0.283 e. The van der Waals surface area contributed by atoms with Crippen molar-refractivity contribution in [2.75, 3.05) is 13.7 Å². The molecule has 1 atom stereocenters. The van der Waals surface area contributed by atoms with E-state index in [9.17, 15) is 0 Å². The Labute approximate surface area is 185 Å². The van der Waals surface area contributed by atoms with Crippen LogP contribution in [0.25, 0.3) is 11.1 Å². The van der Waals surface area contributed by atoms with Crippen LogP contribution < -0.4 is 10.5 Å². The van der Waals surface area contributed by atoms with E-state index >= 15 is 0 Å². The van der Waals surface area contributed by atoms with E-state index in [0.717, 1.165) is 22.3 Å². The molecule has 2 aliphatic rings. The first-order valence-electron chi connectivity index (χ1n) is 10.0. The molecular formula is C24H21N5O3. The van der Waals surface area contributed by atoms with Gasteiger partial charge in [0.1, 0.15) is 24.3 Å². The SMILES string of the molecule is COC(C)(C)C#Cc1cnc2c(c1)[C@]1(COC(N)=N1)c1cc(-c3cncnc3)ccc1O2. The fourth-order valence-electron chi connectivity index (χ4n) is 3.70. The van der Waals surface area contributed by atoms with Crippen LogP contribution in [0.4, 0.5) is 0 Å². The van der Waals surface area contributed by atoms with Gasteiger partial charge in [-0.3, -0.25) is 0 Å². The number of methoxy groups -OCH3 is 1. The van der Waals surface area contributed by atoms with Crippen LogP contribution in [0.1, 0.15) is 30.5 Å². The number of nitrogens with two attached hydrogens (primary N) is 1. The largest absolute Gasteiger partial charge is 0.462 e. The molecule has 1 spiro atoms. The third-order valence-corrected chi connectivity index (χ3v) is 5.57. The second-order valence-corrected chi connectivity index (χ2v) is 8.08. The summed E-state index contributed by atoms with van der Waals surface area (Å²) in [5.74, 6) is 7.34. The number of aromatic nitrogens is 3. The Morgan fingerprint density at radius 1 is 1.09 bits per heavy atom. The predicted octanol–water partition coefficient (Wildman–Crippen LogP) is 3.01. The Morgan fingerprint density at radius 3 is 2.62 bits per heavy atom. The molecular weight excluding hydrogens is 406 g/mol. The van der Waals surface area contributed by atoms with E-state index in [1.807, 2.05) is 38.1 Å². The standard InChI is InChI=1S/C24H21N5O3/c1-23(2,30-3)7-6-15-8-19-21(28-10-15)32-20-5-4-16(17-11-26-14-27-12-17)9-18(20)24(19)13-31-22(25)29-24/h4-5,8-12,14H,13H2,1-3H3,(H2,25,29)/t24-/m0/s1. The van der Waals surface area contributed by atoms with E-state index in [1.165, 1.54) is 6.33 Å². The number of pyridine rings is 1. The monoisotopic (exact) mass is 427 g/mol. The highest BCUT2D eigenvalue weighted by Crippen LogP contribution is 2.51. The van der Waals surface area contributed by atoms with Crippen LogP contribution in [-0.4, -0.2) is 40.3 Å². The highest BCUT2D eigenvalue weighted by molar-refractivity contribution is 5.77. The molecule has 0 unspecified atom stereocenters. The van der Waals surface area contributed by atoms with Crippen molar-refractivity contribution in [2.24, 2.45) is 10.7 Å². The minimum Gasteiger partial charge on any atom is -0.462 e. The summed E-state index contributed by atoms with van der Waals surface area (Å²) in [6.07, 6.45) is 6.69. The Balaban J connectivity index is 1.66. The Bertz CT molecular complexity index is 1290. The normalized spacial score (nSPS) is 18.5. The van der Waals surface area contributed by atoms with Crippen LogP contribution in [-0.2, 0) is 15.0 Å². The molecule has 8 nitrogen and oxygen atoms in total. The average molecular weight is 427 g/mol. The molecule has 0 bridgehead atoms. The lowest BCUT2D eigenvalue weighted by molar-refractivity contribution is 0.0742. The lowest BCUT2D eigenvalue weighted by atomic mass is 9.81. The van der Waals surface area contributed by atoms with E-state index in [-0.39, 0.29) is 12.6 Å². The van der Waals surface area contributed by atoms with Crippen LogP contribution in [0.5, 0.6) is 11.6 Å². The summed E-state index contributed by atoms with van der Waals surface area (Å²) in [6.45, 7) is 4.04. The molecule has 5 rings (SSSR count). The summed E-state index contributed by atoms with van der Waals surface area (Å²) in [7, 11) is 1.63. The first-order valence-corrected chi connectivity index (χ1v) is 10.0. The van der Waals surface area contributed by atoms with Gasteiger partial charge in [-0.25, -0.2) is 19.9 Å². The number of rotatable bonds is 2. The number of fused-ring (bicyclic) bond motifs is 4. The zero-order valence-corrected chi connectivity index (χ0v) is 17.9. The maximum atomic E-state index is 6.13. The molecule has 8 heteroatoms. The number of ether oxygens (including phenoxy) is 3. The van der Waals surface area contributed by atoms with Gasteiger partial charge in [0.2, 0.25) is 5.88 Å². The van der Waals surface area contributed by atoms with Crippen molar-refractivity contribution in [1.29, 1.82) is 0 Å². The lowest BCUT2D eigenvalue weighted by Gasteiger charge is -2.33. The van der Waals surface area contributed by atoms with Gasteiger partial charge in [0, 0.05) is 42.4 Å². The summed E-state index contributed by atoms with van der Waals surface area (Å²) in [5.41, 5.74) is 8.61. The Hall–Kier alpha value is -3.96. The number of benzene rings is 1. The maximum absolute atomic E-state index is 6.13. The van der Waals surface area contributed by atoms with Gasteiger partial charge in [-0.2, -0.15) is 0 Å². The quantitative estimate of drug-likeness (QED) is 0.627. The van der Waals surface area contributed by atoms with Gasteiger partial charge in [0.15, 0.2) is 5.54 Å². The third kappa shape index (κ3) is 3.33. The molecule has 160 valence electrons. The number of nitrogens with zero attached hydrogens (tertiary/aromatic N) is 4. The van der Waals surface area contributed by atoms with Crippen molar-refractivity contribution in [3.8, 4) is 34.6 Å². The second kappa shape index (κ2) is 7.32. The summed E-state index contributed by atoms with van der Waals surface area (Å²) in [5, 5.41) is 0. The van der Waals surface area contributed by atoms with Crippen LogP contribution in [0.3, 0.4) is 0 Å². The van der Waals surface area contributed by atoms with Gasteiger partial charge in [0.25, 0.3) is 6.02 Å². The molecule has 0 aliphatic carbocycles. The maximum Gasteiger partial charge on any atom is 0.283 e. The average Bonchev–Trinajstić information content (AvgIpc) is 3.21. The molecule has 32 heavy (non-hydrogen) atoms. The minimum absolute atomic E-state index is 0.120. The fourth-order valence-corrected chi connectivity index (χ4v) is 3.70. The van der Waals surface area contributed by atoms with Gasteiger partial charge in [-0.15, -0.1) is 0 Å². The second-order valence-electron chi connectivity index (χ2n) is 8.08. The van der Waals surface area contributed by atoms with Gasteiger partial charge >= 0.3 is 0 Å². The number of hydrogen-bond acceptors (Lipinski definition) is 8. The summed E-state index contributed by atoms with van der Waals surface area (Å²) in [6, 6.07) is 7.89. The van der Waals surface area contributed by atoms with Crippen molar-refractivity contribution in [3.63, 3.8) is 0 Å². The molecule has 0 amide bonds. The molecule has 0 fully saturated rings. The lowest BCUT2D eigenvalue weighted by Crippen LogP contribution is -2.31. The Morgan fingerprint density at radius 2 is 1.91 bits per heavy atom. The molecule has 0 saturated carbocycles. The zero-order chi connectivity index (χ0) is 22.3. The van der Waals surface area contributed by atoms with Crippen molar-refractivity contribution in [1.82, 2.24) is 15.0 Å². The molecule has 2 N–H and O–H groups in total. The van der Waals surface area contributed by atoms with E-state index in [2.05, 4.69) is 26.8 Å². The van der Waals surface area contributed by atoms with Gasteiger partial charge in [0.05, 0.1) is 5.56 Å². The van der Waals surface area contributed by atoms with Gasteiger partial charge in [-0.1, -0.05) is 17.9 Å². The minimum atomic E-state index is -0.889. The van der Waals surface area contributed by atoms with Crippen LogP contribution in [0.2, 0.25) is 0 Å². The molecule has 2 aliphatic heterocycles. The molecule has 0 saturated heterocycles. The molecule has 0 radical (unpaired) electrons. The number of amidine groups is 1. The molecule has 3 aromatic rings. The van der Waals surface area contributed by atoms with E-state index in [1.54, 1.807) is 25.7 Å².